The van der Waals surface area contributed by atoms with Gasteiger partial charge in [0.2, 0.25) is 0 Å². The molecule has 1 aromatic carbocycles. The number of hydrogen-bond donors (Lipinski definition) is 1. The average Bonchev–Trinajstić information content (AvgIpc) is 2.29. The molecular formula is C13H21ClFNO. The quantitative estimate of drug-likeness (QED) is 0.790. The number of unbranched alkanes of at least 4 members (excludes halogenated alkanes) is 2. The van der Waals surface area contributed by atoms with Crippen molar-refractivity contribution in [3.05, 3.63) is 29.6 Å². The summed E-state index contributed by atoms with van der Waals surface area (Å²) in [4.78, 5) is 0. The number of halogens is 2. The van der Waals surface area contributed by atoms with E-state index in [0.29, 0.717) is 11.3 Å². The minimum Gasteiger partial charge on any atom is -0.497 e. The van der Waals surface area contributed by atoms with Crippen LogP contribution < -0.4 is 10.5 Å². The van der Waals surface area contributed by atoms with Gasteiger partial charge in [0.05, 0.1) is 7.11 Å². The van der Waals surface area contributed by atoms with Crippen LogP contribution in [0.3, 0.4) is 0 Å². The molecule has 98 valence electrons. The summed E-state index contributed by atoms with van der Waals surface area (Å²) in [7, 11) is 1.52. The largest absolute Gasteiger partial charge is 0.497 e. The van der Waals surface area contributed by atoms with Crippen LogP contribution in [0.2, 0.25) is 0 Å². The minimum absolute atomic E-state index is 0. The van der Waals surface area contributed by atoms with E-state index in [-0.39, 0.29) is 24.3 Å². The molecular weight excluding hydrogens is 241 g/mol. The Bertz CT molecular complexity index is 333. The molecule has 0 fully saturated rings. The van der Waals surface area contributed by atoms with E-state index in [2.05, 4.69) is 6.92 Å². The highest BCUT2D eigenvalue weighted by molar-refractivity contribution is 5.85. The molecule has 17 heavy (non-hydrogen) atoms. The molecule has 0 aliphatic rings. The first kappa shape index (κ1) is 16.2. The summed E-state index contributed by atoms with van der Waals surface area (Å²) in [5, 5.41) is 0. The maximum atomic E-state index is 13.6. The zero-order valence-corrected chi connectivity index (χ0v) is 11.2. The van der Waals surface area contributed by atoms with E-state index in [1.165, 1.54) is 13.2 Å². The lowest BCUT2D eigenvalue weighted by atomic mass is 10.0. The lowest BCUT2D eigenvalue weighted by Gasteiger charge is -2.13. The van der Waals surface area contributed by atoms with E-state index < -0.39 is 0 Å². The van der Waals surface area contributed by atoms with Gasteiger partial charge in [-0.2, -0.15) is 0 Å². The molecule has 0 aliphatic carbocycles. The monoisotopic (exact) mass is 261 g/mol. The molecule has 1 aromatic rings. The van der Waals surface area contributed by atoms with Crippen LogP contribution in [0.4, 0.5) is 4.39 Å². The summed E-state index contributed by atoms with van der Waals surface area (Å²) in [6.45, 7) is 2.14. The molecule has 2 N–H and O–H groups in total. The standard InChI is InChI=1S/C13H20FNO.ClH/c1-3-4-5-6-13(15)11-8-7-10(16-2)9-12(11)14;/h7-9,13H,3-6,15H2,1-2H3;1H/t13-;/m0./s1. The van der Waals surface area contributed by atoms with Gasteiger partial charge in [0.25, 0.3) is 0 Å². The molecule has 4 heteroatoms. The van der Waals surface area contributed by atoms with Gasteiger partial charge in [-0.3, -0.25) is 0 Å². The Kier molecular flexibility index (Phi) is 7.92. The zero-order valence-electron chi connectivity index (χ0n) is 10.4. The Morgan fingerprint density at radius 1 is 1.35 bits per heavy atom. The van der Waals surface area contributed by atoms with Crippen LogP contribution in [0.15, 0.2) is 18.2 Å². The molecule has 0 unspecified atom stereocenters. The van der Waals surface area contributed by atoms with Crippen LogP contribution in [0.1, 0.15) is 44.2 Å². The Balaban J connectivity index is 0.00000256. The smallest absolute Gasteiger partial charge is 0.131 e. The third-order valence-electron chi connectivity index (χ3n) is 2.73. The number of methoxy groups -OCH3 is 1. The van der Waals surface area contributed by atoms with Gasteiger partial charge in [0.1, 0.15) is 11.6 Å². The summed E-state index contributed by atoms with van der Waals surface area (Å²) in [5.74, 6) is 0.255. The highest BCUT2D eigenvalue weighted by Gasteiger charge is 2.11. The number of rotatable bonds is 6. The van der Waals surface area contributed by atoms with E-state index in [1.54, 1.807) is 12.1 Å². The number of nitrogens with two attached hydrogens (primary N) is 1. The molecule has 0 aliphatic heterocycles. The average molecular weight is 262 g/mol. The van der Waals surface area contributed by atoms with Crippen molar-refractivity contribution in [3.8, 4) is 5.75 Å². The summed E-state index contributed by atoms with van der Waals surface area (Å²) in [6.07, 6.45) is 4.17. The third kappa shape index (κ3) is 4.92. The van der Waals surface area contributed by atoms with Gasteiger partial charge in [0, 0.05) is 17.7 Å². The summed E-state index contributed by atoms with van der Waals surface area (Å²) in [6, 6.07) is 4.63. The normalized spacial score (nSPS) is 11.8. The van der Waals surface area contributed by atoms with Crippen LogP contribution in [-0.4, -0.2) is 7.11 Å². The van der Waals surface area contributed by atoms with E-state index in [1.807, 2.05) is 0 Å². The zero-order chi connectivity index (χ0) is 12.0. The lowest BCUT2D eigenvalue weighted by Crippen LogP contribution is -2.12. The second-order valence-electron chi connectivity index (χ2n) is 3.99. The van der Waals surface area contributed by atoms with Gasteiger partial charge in [-0.25, -0.2) is 4.39 Å². The maximum absolute atomic E-state index is 13.6. The van der Waals surface area contributed by atoms with Crippen molar-refractivity contribution in [1.29, 1.82) is 0 Å². The van der Waals surface area contributed by atoms with Crippen molar-refractivity contribution in [3.63, 3.8) is 0 Å². The number of hydrogen-bond acceptors (Lipinski definition) is 2. The first-order valence-electron chi connectivity index (χ1n) is 5.78. The van der Waals surface area contributed by atoms with Crippen molar-refractivity contribution in [2.45, 2.75) is 38.6 Å². The van der Waals surface area contributed by atoms with Crippen LogP contribution >= 0.6 is 12.4 Å². The fourth-order valence-electron chi connectivity index (χ4n) is 1.71. The van der Waals surface area contributed by atoms with Crippen LogP contribution in [0.25, 0.3) is 0 Å². The van der Waals surface area contributed by atoms with Gasteiger partial charge in [0.15, 0.2) is 0 Å². The molecule has 0 heterocycles. The lowest BCUT2D eigenvalue weighted by molar-refractivity contribution is 0.410. The van der Waals surface area contributed by atoms with E-state index in [4.69, 9.17) is 10.5 Å². The molecule has 1 atom stereocenters. The Morgan fingerprint density at radius 3 is 2.59 bits per heavy atom. The van der Waals surface area contributed by atoms with Crippen molar-refractivity contribution in [1.82, 2.24) is 0 Å². The SMILES string of the molecule is CCCCC[C@H](N)c1ccc(OC)cc1F.Cl. The summed E-state index contributed by atoms with van der Waals surface area (Å²) in [5.41, 5.74) is 6.53. The topological polar surface area (TPSA) is 35.2 Å². The highest BCUT2D eigenvalue weighted by atomic mass is 35.5. The van der Waals surface area contributed by atoms with Gasteiger partial charge >= 0.3 is 0 Å². The third-order valence-corrected chi connectivity index (χ3v) is 2.73. The van der Waals surface area contributed by atoms with Crippen LogP contribution in [-0.2, 0) is 0 Å². The minimum atomic E-state index is -0.275. The van der Waals surface area contributed by atoms with E-state index in [0.717, 1.165) is 25.7 Å². The molecule has 0 saturated heterocycles. The van der Waals surface area contributed by atoms with Crippen LogP contribution in [0.5, 0.6) is 5.75 Å². The molecule has 0 spiro atoms. The molecule has 1 rings (SSSR count). The highest BCUT2D eigenvalue weighted by Crippen LogP contribution is 2.23. The first-order valence-corrected chi connectivity index (χ1v) is 5.78. The molecule has 0 amide bonds. The Hall–Kier alpha value is -0.800. The fraction of sp³-hybridized carbons (Fsp3) is 0.538. The van der Waals surface area contributed by atoms with E-state index in [9.17, 15) is 4.39 Å². The van der Waals surface area contributed by atoms with Gasteiger partial charge in [-0.15, -0.1) is 12.4 Å². The molecule has 0 bridgehead atoms. The van der Waals surface area contributed by atoms with Gasteiger partial charge < -0.3 is 10.5 Å². The van der Waals surface area contributed by atoms with Crippen molar-refractivity contribution in [2.24, 2.45) is 5.73 Å². The van der Waals surface area contributed by atoms with Gasteiger partial charge in [-0.05, 0) is 12.5 Å². The van der Waals surface area contributed by atoms with E-state index >= 15 is 0 Å². The van der Waals surface area contributed by atoms with Crippen molar-refractivity contribution < 1.29 is 9.13 Å². The second-order valence-corrected chi connectivity index (χ2v) is 3.99. The second kappa shape index (κ2) is 8.31. The summed E-state index contributed by atoms with van der Waals surface area (Å²) >= 11 is 0. The molecule has 0 radical (unpaired) electrons. The fourth-order valence-corrected chi connectivity index (χ4v) is 1.71. The number of ether oxygens (including phenoxy) is 1. The van der Waals surface area contributed by atoms with Crippen molar-refractivity contribution >= 4 is 12.4 Å². The molecule has 2 nitrogen and oxygen atoms in total. The van der Waals surface area contributed by atoms with Gasteiger partial charge in [-0.1, -0.05) is 32.3 Å². The summed E-state index contributed by atoms with van der Waals surface area (Å²) < 4.78 is 18.6. The van der Waals surface area contributed by atoms with Crippen molar-refractivity contribution in [2.75, 3.05) is 7.11 Å². The first-order chi connectivity index (χ1) is 7.69. The predicted molar refractivity (Wildman–Crippen MR) is 71.3 cm³/mol. The Morgan fingerprint density at radius 2 is 2.06 bits per heavy atom. The predicted octanol–water partition coefficient (Wildman–Crippen LogP) is 3.84. The van der Waals surface area contributed by atoms with Crippen LogP contribution in [0, 0.1) is 5.82 Å². The Labute approximate surface area is 109 Å². The number of benzene rings is 1. The molecule has 0 aromatic heterocycles. The maximum Gasteiger partial charge on any atom is 0.131 e. The molecule has 0 saturated carbocycles.